The smallest absolute Gasteiger partial charge is 0.349 e. The molecule has 2 rings (SSSR count). The van der Waals surface area contributed by atoms with E-state index in [1.165, 1.54) is 0 Å². The molecule has 0 saturated carbocycles. The van der Waals surface area contributed by atoms with E-state index in [2.05, 4.69) is 13.1 Å². The first-order chi connectivity index (χ1) is 13.4. The standard InChI is InChI=1S/C10H15F2N2O12P3S/c1-10(12)2-5(24-8(10)14-3-6(11)7(15)13-9(14)30)4-23-28(19,20)26-29(21,22)25-27(16,17)18/h3,5,8H,2,4H2,1H3,(H,19,20)(H,21,22)(H,13,15,30)(H2,16,17,18). The Morgan fingerprint density at radius 3 is 2.47 bits per heavy atom. The predicted molar refractivity (Wildman–Crippen MR) is 93.7 cm³/mol. The highest BCUT2D eigenvalue weighted by Gasteiger charge is 2.48. The molecular formula is C10H15F2N2O12P3S. The van der Waals surface area contributed by atoms with Crippen LogP contribution in [0.25, 0.3) is 0 Å². The molecule has 1 aromatic heterocycles. The van der Waals surface area contributed by atoms with E-state index >= 15 is 0 Å². The average Bonchev–Trinajstić information content (AvgIpc) is 2.80. The number of hydrogen-bond donors (Lipinski definition) is 5. The van der Waals surface area contributed by atoms with E-state index < -0.39 is 65.9 Å². The SMILES string of the molecule is CC1(F)CC(COP(=O)(O)OP(=O)(O)OP(=O)(O)O)OC1n1cc(F)c(=O)[nH]c1=S. The summed E-state index contributed by atoms with van der Waals surface area (Å²) in [5, 5.41) is 0. The summed E-state index contributed by atoms with van der Waals surface area (Å²) in [6, 6.07) is 0. The second kappa shape index (κ2) is 8.70. The molecule has 5 atom stereocenters. The highest BCUT2D eigenvalue weighted by Crippen LogP contribution is 2.66. The van der Waals surface area contributed by atoms with Gasteiger partial charge in [-0.2, -0.15) is 13.0 Å². The summed E-state index contributed by atoms with van der Waals surface area (Å²) in [6.45, 7) is 0.131. The lowest BCUT2D eigenvalue weighted by Gasteiger charge is -2.23. The van der Waals surface area contributed by atoms with E-state index in [1.807, 2.05) is 4.98 Å². The lowest BCUT2D eigenvalue weighted by Crippen LogP contribution is -2.30. The number of H-pyrrole nitrogens is 1. The van der Waals surface area contributed by atoms with Gasteiger partial charge < -0.3 is 24.3 Å². The minimum Gasteiger partial charge on any atom is -0.349 e. The zero-order chi connectivity index (χ0) is 23.1. The molecule has 0 aliphatic carbocycles. The number of nitrogens with one attached hydrogen (secondary N) is 1. The molecule has 1 aliphatic heterocycles. The third-order valence-corrected chi connectivity index (χ3v) is 7.60. The van der Waals surface area contributed by atoms with Gasteiger partial charge in [0.2, 0.25) is 5.82 Å². The monoisotopic (exact) mass is 518 g/mol. The van der Waals surface area contributed by atoms with Crippen molar-refractivity contribution in [2.75, 3.05) is 6.61 Å². The van der Waals surface area contributed by atoms with Crippen molar-refractivity contribution < 1.29 is 59.9 Å². The Hall–Kier alpha value is -0.670. The van der Waals surface area contributed by atoms with Gasteiger partial charge in [-0.3, -0.25) is 18.9 Å². The van der Waals surface area contributed by atoms with E-state index in [0.29, 0.717) is 6.20 Å². The lowest BCUT2D eigenvalue weighted by molar-refractivity contribution is -0.0598. The van der Waals surface area contributed by atoms with Crippen LogP contribution in [0, 0.1) is 10.6 Å². The van der Waals surface area contributed by atoms with E-state index in [9.17, 15) is 32.2 Å². The fourth-order valence-electron chi connectivity index (χ4n) is 2.49. The fraction of sp³-hybridized carbons (Fsp3) is 0.600. The van der Waals surface area contributed by atoms with E-state index in [0.717, 1.165) is 11.5 Å². The zero-order valence-corrected chi connectivity index (χ0v) is 18.2. The number of phosphoric ester groups is 1. The summed E-state index contributed by atoms with van der Waals surface area (Å²) < 4.78 is 79.1. The first-order valence-electron chi connectivity index (χ1n) is 7.54. The quantitative estimate of drug-likeness (QED) is 0.244. The number of halogens is 2. The van der Waals surface area contributed by atoms with E-state index in [1.54, 1.807) is 0 Å². The molecule has 30 heavy (non-hydrogen) atoms. The first-order valence-corrected chi connectivity index (χ1v) is 12.5. The number of rotatable bonds is 8. The summed E-state index contributed by atoms with van der Waals surface area (Å²) in [5.41, 5.74) is -3.37. The van der Waals surface area contributed by atoms with Gasteiger partial charge in [0.25, 0.3) is 5.56 Å². The number of hydrogen-bond acceptors (Lipinski definition) is 9. The van der Waals surface area contributed by atoms with Crippen molar-refractivity contribution in [2.45, 2.75) is 31.3 Å². The number of aromatic nitrogens is 2. The molecule has 0 aromatic carbocycles. The Kier molecular flexibility index (Phi) is 7.42. The molecule has 172 valence electrons. The highest BCUT2D eigenvalue weighted by molar-refractivity contribution is 7.71. The Balaban J connectivity index is 2.09. The van der Waals surface area contributed by atoms with Gasteiger partial charge in [-0.1, -0.05) is 0 Å². The lowest BCUT2D eigenvalue weighted by atomic mass is 10.0. The molecule has 0 spiro atoms. The average molecular weight is 518 g/mol. The Morgan fingerprint density at radius 1 is 1.30 bits per heavy atom. The van der Waals surface area contributed by atoms with Crippen LogP contribution in [0.3, 0.4) is 0 Å². The Labute approximate surface area is 170 Å². The van der Waals surface area contributed by atoms with Gasteiger partial charge in [0.05, 0.1) is 18.9 Å². The molecule has 0 bridgehead atoms. The number of alkyl halides is 1. The molecule has 20 heteroatoms. The second-order valence-electron chi connectivity index (χ2n) is 6.12. The van der Waals surface area contributed by atoms with Crippen LogP contribution in [-0.2, 0) is 31.6 Å². The topological polar surface area (TPSA) is 207 Å². The maximum atomic E-state index is 14.9. The maximum absolute atomic E-state index is 14.9. The molecular weight excluding hydrogens is 503 g/mol. The van der Waals surface area contributed by atoms with Crippen LogP contribution in [0.2, 0.25) is 0 Å². The largest absolute Gasteiger partial charge is 0.490 e. The number of nitrogens with zero attached hydrogens (tertiary/aromatic N) is 1. The highest BCUT2D eigenvalue weighted by atomic mass is 32.1. The van der Waals surface area contributed by atoms with Crippen molar-refractivity contribution in [3.8, 4) is 0 Å². The summed E-state index contributed by atoms with van der Waals surface area (Å²) >= 11 is 4.83. The third-order valence-electron chi connectivity index (χ3n) is 3.48. The van der Waals surface area contributed by atoms with Gasteiger partial charge in [0.15, 0.2) is 16.7 Å². The second-order valence-corrected chi connectivity index (χ2v) is 10.9. The van der Waals surface area contributed by atoms with Crippen LogP contribution in [0.4, 0.5) is 8.78 Å². The molecule has 5 N–H and O–H groups in total. The Bertz CT molecular complexity index is 1070. The normalized spacial score (nSPS) is 28.8. The molecule has 1 saturated heterocycles. The number of phosphoric acid groups is 3. The van der Waals surface area contributed by atoms with Crippen molar-refractivity contribution in [3.63, 3.8) is 0 Å². The summed E-state index contributed by atoms with van der Waals surface area (Å²) in [4.78, 5) is 48.6. The van der Waals surface area contributed by atoms with Crippen molar-refractivity contribution in [2.24, 2.45) is 0 Å². The van der Waals surface area contributed by atoms with Gasteiger partial charge in [-0.05, 0) is 19.1 Å². The summed E-state index contributed by atoms with van der Waals surface area (Å²) in [7, 11) is -16.7. The minimum absolute atomic E-state index is 0.371. The molecule has 1 fully saturated rings. The van der Waals surface area contributed by atoms with Crippen molar-refractivity contribution in [1.29, 1.82) is 0 Å². The van der Waals surface area contributed by atoms with Gasteiger partial charge >= 0.3 is 23.5 Å². The molecule has 2 heterocycles. The molecule has 1 aliphatic rings. The zero-order valence-electron chi connectivity index (χ0n) is 14.7. The van der Waals surface area contributed by atoms with Crippen LogP contribution in [0.1, 0.15) is 19.6 Å². The molecule has 1 aromatic rings. The van der Waals surface area contributed by atoms with Crippen LogP contribution in [0.15, 0.2) is 11.0 Å². The third kappa shape index (κ3) is 6.92. The molecule has 0 amide bonds. The van der Waals surface area contributed by atoms with Crippen molar-refractivity contribution >= 4 is 35.7 Å². The first kappa shape index (κ1) is 25.6. The molecule has 5 unspecified atom stereocenters. The van der Waals surface area contributed by atoms with Gasteiger partial charge in [0, 0.05) is 6.42 Å². The summed E-state index contributed by atoms with van der Waals surface area (Å²) in [5.74, 6) is -1.28. The minimum atomic E-state index is -5.71. The predicted octanol–water partition coefficient (Wildman–Crippen LogP) is 1.40. The number of ether oxygens (including phenoxy) is 1. The van der Waals surface area contributed by atoms with Crippen molar-refractivity contribution in [1.82, 2.24) is 9.55 Å². The van der Waals surface area contributed by atoms with Gasteiger partial charge in [-0.25, -0.2) is 18.1 Å². The number of aromatic amines is 1. The maximum Gasteiger partial charge on any atom is 0.490 e. The van der Waals surface area contributed by atoms with Gasteiger partial charge in [0.1, 0.15) is 0 Å². The molecule has 0 radical (unpaired) electrons. The van der Waals surface area contributed by atoms with Crippen LogP contribution < -0.4 is 5.56 Å². The Morgan fingerprint density at radius 2 is 1.90 bits per heavy atom. The molecule has 14 nitrogen and oxygen atoms in total. The van der Waals surface area contributed by atoms with Crippen LogP contribution >= 0.6 is 35.7 Å². The van der Waals surface area contributed by atoms with Crippen LogP contribution in [0.5, 0.6) is 0 Å². The van der Waals surface area contributed by atoms with Gasteiger partial charge in [-0.15, -0.1) is 0 Å². The summed E-state index contributed by atoms with van der Waals surface area (Å²) in [6.07, 6.45) is -2.75. The van der Waals surface area contributed by atoms with Crippen molar-refractivity contribution in [3.05, 3.63) is 27.1 Å². The van der Waals surface area contributed by atoms with E-state index in [4.69, 9.17) is 31.6 Å². The fourth-order valence-corrected chi connectivity index (χ4v) is 5.78. The van der Waals surface area contributed by atoms with E-state index in [-0.39, 0.29) is 4.77 Å². The van der Waals surface area contributed by atoms with Crippen LogP contribution in [-0.4, -0.2) is 47.5 Å².